The Bertz CT molecular complexity index is 1360. The molecule has 2 N–H and O–H groups in total. The maximum Gasteiger partial charge on any atom is 0.272 e. The van der Waals surface area contributed by atoms with Crippen molar-refractivity contribution in [2.45, 2.75) is 18.9 Å². The summed E-state index contributed by atoms with van der Waals surface area (Å²) in [6.45, 7) is 3.04. The Morgan fingerprint density at radius 1 is 1.12 bits per heavy atom. The molecule has 0 spiro atoms. The topological polar surface area (TPSA) is 71.9 Å². The average Bonchev–Trinajstić information content (AvgIpc) is 3.46. The molecule has 1 fully saturated rings. The van der Waals surface area contributed by atoms with Crippen LogP contribution in [0, 0.1) is 17.1 Å². The van der Waals surface area contributed by atoms with Crippen LogP contribution in [0.4, 0.5) is 10.1 Å². The Balaban J connectivity index is 1.29. The molecule has 1 unspecified atom stereocenters. The number of rotatable bonds is 5. The van der Waals surface area contributed by atoms with Crippen LogP contribution >= 0.6 is 0 Å². The minimum atomic E-state index is -0.566. The van der Waals surface area contributed by atoms with Gasteiger partial charge in [0, 0.05) is 29.7 Å². The molecule has 1 aliphatic heterocycles. The number of hydrogen-bond acceptors (Lipinski definition) is 3. The van der Waals surface area contributed by atoms with E-state index in [1.165, 1.54) is 23.3 Å². The summed E-state index contributed by atoms with van der Waals surface area (Å²) in [4.78, 5) is 18.3. The summed E-state index contributed by atoms with van der Waals surface area (Å²) in [6, 6.07) is 24.3. The number of nitrogens with zero attached hydrogens (tertiary/aromatic N) is 2. The fourth-order valence-electron chi connectivity index (χ4n) is 4.54. The molecule has 1 saturated heterocycles. The fraction of sp³-hybridized carbons (Fsp3) is 0.185. The molecule has 0 saturated carbocycles. The van der Waals surface area contributed by atoms with Gasteiger partial charge < -0.3 is 10.3 Å². The molecule has 0 aliphatic carbocycles. The Hall–Kier alpha value is -3.95. The lowest BCUT2D eigenvalue weighted by Gasteiger charge is -2.16. The Labute approximate surface area is 191 Å². The van der Waals surface area contributed by atoms with Gasteiger partial charge in [-0.2, -0.15) is 5.26 Å². The number of aromatic nitrogens is 1. The second-order valence-corrected chi connectivity index (χ2v) is 8.53. The van der Waals surface area contributed by atoms with Crippen LogP contribution in [-0.4, -0.2) is 28.9 Å². The van der Waals surface area contributed by atoms with Crippen molar-refractivity contribution in [2.75, 3.05) is 18.4 Å². The summed E-state index contributed by atoms with van der Waals surface area (Å²) >= 11 is 0. The predicted molar refractivity (Wildman–Crippen MR) is 126 cm³/mol. The van der Waals surface area contributed by atoms with E-state index in [0.717, 1.165) is 43.0 Å². The van der Waals surface area contributed by atoms with E-state index >= 15 is 0 Å². The van der Waals surface area contributed by atoms with E-state index in [1.54, 1.807) is 0 Å². The first kappa shape index (κ1) is 20.9. The highest BCUT2D eigenvalue weighted by Crippen LogP contribution is 2.30. The molecule has 1 aliphatic rings. The van der Waals surface area contributed by atoms with Crippen molar-refractivity contribution in [3.63, 3.8) is 0 Å². The van der Waals surface area contributed by atoms with Crippen molar-refractivity contribution in [3.8, 4) is 6.07 Å². The number of amides is 1. The minimum Gasteiger partial charge on any atom is -0.351 e. The first-order valence-electron chi connectivity index (χ1n) is 11.0. The predicted octanol–water partition coefficient (Wildman–Crippen LogP) is 5.42. The zero-order valence-electron chi connectivity index (χ0n) is 18.0. The number of aromatic amines is 1. The molecule has 3 aromatic carbocycles. The Morgan fingerprint density at radius 2 is 1.97 bits per heavy atom. The molecule has 6 heteroatoms. The van der Waals surface area contributed by atoms with Crippen LogP contribution in [0.5, 0.6) is 0 Å². The number of benzene rings is 3. The lowest BCUT2D eigenvalue weighted by Crippen LogP contribution is -2.19. The van der Waals surface area contributed by atoms with E-state index < -0.39 is 5.82 Å². The van der Waals surface area contributed by atoms with Gasteiger partial charge >= 0.3 is 0 Å². The van der Waals surface area contributed by atoms with Gasteiger partial charge in [-0.25, -0.2) is 4.39 Å². The fourth-order valence-corrected chi connectivity index (χ4v) is 4.54. The van der Waals surface area contributed by atoms with Gasteiger partial charge in [0.2, 0.25) is 0 Å². The number of carbonyl (C=O) groups is 1. The molecule has 33 heavy (non-hydrogen) atoms. The quantitative estimate of drug-likeness (QED) is 0.437. The summed E-state index contributed by atoms with van der Waals surface area (Å²) in [5, 5.41) is 12.6. The highest BCUT2D eigenvalue weighted by atomic mass is 19.1. The van der Waals surface area contributed by atoms with E-state index in [0.29, 0.717) is 11.6 Å². The van der Waals surface area contributed by atoms with Gasteiger partial charge in [-0.1, -0.05) is 36.4 Å². The molecule has 2 heterocycles. The Kier molecular flexibility index (Phi) is 5.64. The van der Waals surface area contributed by atoms with Crippen LogP contribution in [0.25, 0.3) is 10.9 Å². The summed E-state index contributed by atoms with van der Waals surface area (Å²) in [7, 11) is 0. The van der Waals surface area contributed by atoms with Crippen molar-refractivity contribution in [1.82, 2.24) is 9.88 Å². The van der Waals surface area contributed by atoms with E-state index in [-0.39, 0.29) is 17.2 Å². The number of anilines is 1. The SMILES string of the molecule is N#Cc1cc(F)cc(NC(=O)c2cc3cc(C4CCN(Cc5ccccc5)C4)ccc3[nH]2)c1. The number of fused-ring (bicyclic) bond motifs is 1. The second kappa shape index (κ2) is 8.89. The smallest absolute Gasteiger partial charge is 0.272 e. The molecule has 4 aromatic rings. The van der Waals surface area contributed by atoms with Crippen molar-refractivity contribution >= 4 is 22.5 Å². The molecule has 5 nitrogen and oxygen atoms in total. The summed E-state index contributed by atoms with van der Waals surface area (Å²) < 4.78 is 13.7. The van der Waals surface area contributed by atoms with Gasteiger partial charge in [0.1, 0.15) is 11.5 Å². The van der Waals surface area contributed by atoms with E-state index in [2.05, 4.69) is 51.6 Å². The van der Waals surface area contributed by atoms with Gasteiger partial charge in [-0.3, -0.25) is 9.69 Å². The average molecular weight is 439 g/mol. The van der Waals surface area contributed by atoms with E-state index in [4.69, 9.17) is 5.26 Å². The van der Waals surface area contributed by atoms with Crippen LogP contribution in [0.3, 0.4) is 0 Å². The van der Waals surface area contributed by atoms with Crippen molar-refractivity contribution in [1.29, 1.82) is 5.26 Å². The van der Waals surface area contributed by atoms with Crippen molar-refractivity contribution in [3.05, 3.63) is 101 Å². The molecule has 1 aromatic heterocycles. The van der Waals surface area contributed by atoms with Crippen LogP contribution < -0.4 is 5.32 Å². The lowest BCUT2D eigenvalue weighted by molar-refractivity contribution is 0.102. The van der Waals surface area contributed by atoms with Crippen LogP contribution in [0.2, 0.25) is 0 Å². The highest BCUT2D eigenvalue weighted by Gasteiger charge is 2.24. The lowest BCUT2D eigenvalue weighted by atomic mass is 9.97. The van der Waals surface area contributed by atoms with Gasteiger partial charge in [-0.05, 0) is 66.4 Å². The van der Waals surface area contributed by atoms with Crippen LogP contribution in [0.1, 0.15) is 39.5 Å². The number of carbonyl (C=O) groups excluding carboxylic acids is 1. The molecular formula is C27H23FN4O. The zero-order valence-corrected chi connectivity index (χ0v) is 18.0. The second-order valence-electron chi connectivity index (χ2n) is 8.53. The number of halogens is 1. The first-order chi connectivity index (χ1) is 16.1. The molecule has 1 amide bonds. The minimum absolute atomic E-state index is 0.157. The zero-order chi connectivity index (χ0) is 22.8. The molecule has 0 radical (unpaired) electrons. The number of nitriles is 1. The molecule has 5 rings (SSSR count). The van der Waals surface area contributed by atoms with Crippen molar-refractivity contribution < 1.29 is 9.18 Å². The normalized spacial score (nSPS) is 16.1. The summed E-state index contributed by atoms with van der Waals surface area (Å²) in [5.74, 6) is -0.484. The highest BCUT2D eigenvalue weighted by molar-refractivity contribution is 6.06. The number of H-pyrrole nitrogens is 1. The summed E-state index contributed by atoms with van der Waals surface area (Å²) in [6.07, 6.45) is 1.11. The third-order valence-corrected chi connectivity index (χ3v) is 6.17. The van der Waals surface area contributed by atoms with Crippen LogP contribution in [0.15, 0.2) is 72.8 Å². The molecule has 0 bridgehead atoms. The molecule has 164 valence electrons. The van der Waals surface area contributed by atoms with Gasteiger partial charge in [-0.15, -0.1) is 0 Å². The number of nitrogens with one attached hydrogen (secondary N) is 2. The van der Waals surface area contributed by atoms with Gasteiger partial charge in [0.15, 0.2) is 0 Å². The van der Waals surface area contributed by atoms with E-state index in [9.17, 15) is 9.18 Å². The maximum absolute atomic E-state index is 13.7. The molecular weight excluding hydrogens is 415 g/mol. The van der Waals surface area contributed by atoms with Gasteiger partial charge in [0.05, 0.1) is 11.6 Å². The maximum atomic E-state index is 13.7. The van der Waals surface area contributed by atoms with Crippen LogP contribution in [-0.2, 0) is 6.54 Å². The monoisotopic (exact) mass is 438 g/mol. The third-order valence-electron chi connectivity index (χ3n) is 6.17. The number of likely N-dealkylation sites (tertiary alicyclic amines) is 1. The third kappa shape index (κ3) is 4.64. The summed E-state index contributed by atoms with van der Waals surface area (Å²) in [5.41, 5.74) is 4.27. The largest absolute Gasteiger partial charge is 0.351 e. The van der Waals surface area contributed by atoms with Gasteiger partial charge in [0.25, 0.3) is 5.91 Å². The van der Waals surface area contributed by atoms with Crippen molar-refractivity contribution in [2.24, 2.45) is 0 Å². The first-order valence-corrected chi connectivity index (χ1v) is 11.0. The molecule has 1 atom stereocenters. The Morgan fingerprint density at radius 3 is 2.79 bits per heavy atom. The van der Waals surface area contributed by atoms with E-state index in [1.807, 2.05) is 24.3 Å². The standard InChI is InChI=1S/C27H23FN4O/c28-23-10-19(15-29)11-24(14-23)30-27(33)26-13-22-12-20(6-7-25(22)31-26)21-8-9-32(17-21)16-18-4-2-1-3-5-18/h1-7,10-14,21,31H,8-9,16-17H2,(H,30,33). The number of hydrogen-bond donors (Lipinski definition) is 2.